The summed E-state index contributed by atoms with van der Waals surface area (Å²) in [5.74, 6) is -0.454. The number of benzene rings is 1. The number of anilines is 1. The van der Waals surface area contributed by atoms with Crippen LogP contribution in [-0.2, 0) is 11.3 Å². The number of thiazole rings is 1. The average Bonchev–Trinajstić information content (AvgIpc) is 3.35. The normalized spacial score (nSPS) is 15.2. The summed E-state index contributed by atoms with van der Waals surface area (Å²) < 4.78 is 21.4. The molecule has 1 saturated heterocycles. The third kappa shape index (κ3) is 3.91. The maximum absolute atomic E-state index is 13.6. The Balaban J connectivity index is 1.64. The highest BCUT2D eigenvalue weighted by Crippen LogP contribution is 2.30. The van der Waals surface area contributed by atoms with Crippen molar-refractivity contribution in [2.45, 2.75) is 13.5 Å². The molecule has 3 aromatic rings. The van der Waals surface area contributed by atoms with Crippen molar-refractivity contribution in [1.29, 1.82) is 0 Å². The lowest BCUT2D eigenvalue weighted by molar-refractivity contribution is 0.0391. The number of aromatic nitrogens is 3. The molecular formula is C19H22FN5O2S. The van der Waals surface area contributed by atoms with Crippen LogP contribution in [0, 0.1) is 5.82 Å². The SMILES string of the molecule is CCn1nccc1C(=O)N(CCN1CCOCC1)c1nc2ccc(F)cc2s1. The van der Waals surface area contributed by atoms with Crippen LogP contribution in [0.15, 0.2) is 30.5 Å². The highest BCUT2D eigenvalue weighted by Gasteiger charge is 2.25. The molecule has 0 unspecified atom stereocenters. The van der Waals surface area contributed by atoms with Crippen LogP contribution >= 0.6 is 11.3 Å². The molecule has 0 aliphatic carbocycles. The van der Waals surface area contributed by atoms with E-state index in [0.717, 1.165) is 24.3 Å². The molecule has 2 aromatic heterocycles. The number of halogens is 1. The van der Waals surface area contributed by atoms with Gasteiger partial charge in [0.05, 0.1) is 23.4 Å². The molecule has 3 heterocycles. The Hall–Kier alpha value is -2.36. The molecule has 0 spiro atoms. The maximum Gasteiger partial charge on any atom is 0.278 e. The second-order valence-electron chi connectivity index (χ2n) is 6.55. The molecule has 0 saturated carbocycles. The quantitative estimate of drug-likeness (QED) is 0.633. The molecule has 4 rings (SSSR count). The first-order valence-corrected chi connectivity index (χ1v) is 10.2. The summed E-state index contributed by atoms with van der Waals surface area (Å²) in [5, 5.41) is 4.78. The van der Waals surface area contributed by atoms with Gasteiger partial charge in [-0.3, -0.25) is 19.3 Å². The number of fused-ring (bicyclic) bond motifs is 1. The van der Waals surface area contributed by atoms with Crippen molar-refractivity contribution in [3.05, 3.63) is 42.0 Å². The van der Waals surface area contributed by atoms with Crippen LogP contribution in [0.3, 0.4) is 0 Å². The first kappa shape index (κ1) is 19.0. The van der Waals surface area contributed by atoms with Gasteiger partial charge in [0.15, 0.2) is 5.13 Å². The summed E-state index contributed by atoms with van der Waals surface area (Å²) in [6.07, 6.45) is 1.63. The van der Waals surface area contributed by atoms with Crippen molar-refractivity contribution < 1.29 is 13.9 Å². The van der Waals surface area contributed by atoms with Crippen molar-refractivity contribution in [1.82, 2.24) is 19.7 Å². The minimum absolute atomic E-state index is 0.146. The molecule has 0 N–H and O–H groups in total. The van der Waals surface area contributed by atoms with Gasteiger partial charge in [0.2, 0.25) is 0 Å². The second kappa shape index (κ2) is 8.34. The van der Waals surface area contributed by atoms with Crippen LogP contribution in [0.4, 0.5) is 9.52 Å². The summed E-state index contributed by atoms with van der Waals surface area (Å²) in [6, 6.07) is 6.21. The van der Waals surface area contributed by atoms with Crippen molar-refractivity contribution in [2.24, 2.45) is 0 Å². The van der Waals surface area contributed by atoms with Crippen molar-refractivity contribution in [2.75, 3.05) is 44.3 Å². The summed E-state index contributed by atoms with van der Waals surface area (Å²) >= 11 is 1.33. The first-order valence-electron chi connectivity index (χ1n) is 9.35. The number of carbonyl (C=O) groups is 1. The number of aryl methyl sites for hydroxylation is 1. The Morgan fingerprint density at radius 2 is 2.14 bits per heavy atom. The predicted octanol–water partition coefficient (Wildman–Crippen LogP) is 2.63. The van der Waals surface area contributed by atoms with E-state index in [1.807, 2.05) is 6.92 Å². The van der Waals surface area contributed by atoms with Gasteiger partial charge in [0.25, 0.3) is 5.91 Å². The number of hydrogen-bond acceptors (Lipinski definition) is 6. The number of ether oxygens (including phenoxy) is 1. The molecule has 148 valence electrons. The zero-order valence-electron chi connectivity index (χ0n) is 15.7. The Bertz CT molecular complexity index is 966. The van der Waals surface area contributed by atoms with Gasteiger partial charge in [-0.15, -0.1) is 0 Å². The number of morpholine rings is 1. The van der Waals surface area contributed by atoms with E-state index in [0.29, 0.717) is 42.6 Å². The number of rotatable bonds is 6. The summed E-state index contributed by atoms with van der Waals surface area (Å²) in [7, 11) is 0. The van der Waals surface area contributed by atoms with E-state index in [9.17, 15) is 9.18 Å². The molecule has 9 heteroatoms. The fourth-order valence-electron chi connectivity index (χ4n) is 3.26. The van der Waals surface area contributed by atoms with Gasteiger partial charge < -0.3 is 4.74 Å². The van der Waals surface area contributed by atoms with E-state index < -0.39 is 0 Å². The topological polar surface area (TPSA) is 63.5 Å². The molecule has 0 radical (unpaired) electrons. The van der Waals surface area contributed by atoms with E-state index in [-0.39, 0.29) is 11.7 Å². The monoisotopic (exact) mass is 403 g/mol. The third-order valence-corrected chi connectivity index (χ3v) is 5.84. The number of carbonyl (C=O) groups excluding carboxylic acids is 1. The molecule has 7 nitrogen and oxygen atoms in total. The fourth-order valence-corrected chi connectivity index (χ4v) is 4.27. The zero-order valence-corrected chi connectivity index (χ0v) is 16.5. The molecule has 1 fully saturated rings. The van der Waals surface area contributed by atoms with E-state index in [4.69, 9.17) is 4.74 Å². The molecule has 1 aliphatic heterocycles. The van der Waals surface area contributed by atoms with E-state index in [1.165, 1.54) is 23.5 Å². The second-order valence-corrected chi connectivity index (χ2v) is 7.56. The Morgan fingerprint density at radius 1 is 1.32 bits per heavy atom. The summed E-state index contributed by atoms with van der Waals surface area (Å²) in [6.45, 7) is 6.88. The summed E-state index contributed by atoms with van der Waals surface area (Å²) in [4.78, 5) is 21.9. The van der Waals surface area contributed by atoms with Crippen molar-refractivity contribution >= 4 is 32.6 Å². The lowest BCUT2D eigenvalue weighted by Crippen LogP contribution is -2.43. The zero-order chi connectivity index (χ0) is 19.5. The van der Waals surface area contributed by atoms with Crippen LogP contribution in [0.2, 0.25) is 0 Å². The lowest BCUT2D eigenvalue weighted by atomic mass is 10.3. The van der Waals surface area contributed by atoms with Gasteiger partial charge in [-0.2, -0.15) is 5.10 Å². The summed E-state index contributed by atoms with van der Waals surface area (Å²) in [5.41, 5.74) is 1.21. The van der Waals surface area contributed by atoms with Gasteiger partial charge in [-0.25, -0.2) is 9.37 Å². The van der Waals surface area contributed by atoms with Crippen LogP contribution in [0.25, 0.3) is 10.2 Å². The van der Waals surface area contributed by atoms with Gasteiger partial charge in [-0.05, 0) is 31.2 Å². The van der Waals surface area contributed by atoms with Gasteiger partial charge in [0.1, 0.15) is 11.5 Å². The Labute approximate surface area is 166 Å². The Morgan fingerprint density at radius 3 is 2.93 bits per heavy atom. The minimum Gasteiger partial charge on any atom is -0.379 e. The van der Waals surface area contributed by atoms with Gasteiger partial charge >= 0.3 is 0 Å². The van der Waals surface area contributed by atoms with Crippen LogP contribution in [0.1, 0.15) is 17.4 Å². The Kier molecular flexibility index (Phi) is 5.65. The van der Waals surface area contributed by atoms with E-state index in [1.54, 1.807) is 27.9 Å². The molecule has 0 bridgehead atoms. The standard InChI is InChI=1S/C19H22FN5O2S/c1-2-25-16(5-6-21-25)18(26)24(8-7-23-9-11-27-12-10-23)19-22-15-4-3-14(20)13-17(15)28-19/h3-6,13H,2,7-12H2,1H3. The molecule has 28 heavy (non-hydrogen) atoms. The highest BCUT2D eigenvalue weighted by atomic mass is 32.1. The van der Waals surface area contributed by atoms with Crippen molar-refractivity contribution in [3.8, 4) is 0 Å². The minimum atomic E-state index is -0.307. The lowest BCUT2D eigenvalue weighted by Gasteiger charge is -2.29. The highest BCUT2D eigenvalue weighted by molar-refractivity contribution is 7.22. The number of nitrogens with zero attached hydrogens (tertiary/aromatic N) is 5. The van der Waals surface area contributed by atoms with E-state index in [2.05, 4.69) is 15.0 Å². The van der Waals surface area contributed by atoms with Gasteiger partial charge in [0, 0.05) is 38.9 Å². The molecule has 0 atom stereocenters. The maximum atomic E-state index is 13.6. The van der Waals surface area contributed by atoms with Crippen LogP contribution in [0.5, 0.6) is 0 Å². The molecule has 1 amide bonds. The predicted molar refractivity (Wildman–Crippen MR) is 106 cm³/mol. The largest absolute Gasteiger partial charge is 0.379 e. The smallest absolute Gasteiger partial charge is 0.278 e. The first-order chi connectivity index (χ1) is 13.7. The van der Waals surface area contributed by atoms with Gasteiger partial charge in [-0.1, -0.05) is 11.3 Å². The molecule has 1 aromatic carbocycles. The number of hydrogen-bond donors (Lipinski definition) is 0. The average molecular weight is 403 g/mol. The van der Waals surface area contributed by atoms with Crippen molar-refractivity contribution in [3.63, 3.8) is 0 Å². The van der Waals surface area contributed by atoms with Crippen LogP contribution < -0.4 is 4.90 Å². The number of amides is 1. The molecule has 1 aliphatic rings. The molecular weight excluding hydrogens is 381 g/mol. The fraction of sp³-hybridized carbons (Fsp3) is 0.421. The van der Waals surface area contributed by atoms with E-state index >= 15 is 0 Å². The van der Waals surface area contributed by atoms with Crippen LogP contribution in [-0.4, -0.2) is 65.0 Å². The third-order valence-electron chi connectivity index (χ3n) is 4.79.